The van der Waals surface area contributed by atoms with Crippen molar-refractivity contribution in [2.24, 2.45) is 0 Å². The van der Waals surface area contributed by atoms with Crippen molar-refractivity contribution >= 4 is 44.0 Å². The molecule has 0 unspecified atom stereocenters. The third kappa shape index (κ3) is 5.01. The van der Waals surface area contributed by atoms with Crippen molar-refractivity contribution < 1.29 is 9.53 Å². The van der Waals surface area contributed by atoms with Crippen LogP contribution in [0.2, 0.25) is 0 Å². The van der Waals surface area contributed by atoms with Crippen LogP contribution in [0.15, 0.2) is 91.0 Å². The molecule has 0 heterocycles. The molecular weight excluding hydrogens is 395 g/mol. The van der Waals surface area contributed by atoms with Gasteiger partial charge in [-0.3, -0.25) is 0 Å². The van der Waals surface area contributed by atoms with E-state index in [1.54, 1.807) is 0 Å². The molecule has 25 heavy (non-hydrogen) atoms. The van der Waals surface area contributed by atoms with Gasteiger partial charge in [0.2, 0.25) is 0 Å². The molecule has 4 heteroatoms. The zero-order valence-electron chi connectivity index (χ0n) is 14.3. The number of ether oxygens (including phenoxy) is 1. The highest BCUT2D eigenvalue weighted by atomic mass is 79.9. The highest BCUT2D eigenvalue weighted by molar-refractivity contribution is 9.18. The molecule has 0 aliphatic carbocycles. The third-order valence-corrected chi connectivity index (χ3v) is 8.29. The van der Waals surface area contributed by atoms with Crippen molar-refractivity contribution in [1.29, 1.82) is 0 Å². The van der Waals surface area contributed by atoms with E-state index in [-0.39, 0.29) is 0 Å². The van der Waals surface area contributed by atoms with E-state index < -0.39 is 12.1 Å². The number of rotatable bonds is 3. The lowest BCUT2D eigenvalue weighted by molar-refractivity contribution is 0.202. The van der Waals surface area contributed by atoms with Crippen LogP contribution >= 0.6 is 23.2 Å². The normalized spacial score (nSPS) is 10.4. The van der Waals surface area contributed by atoms with Crippen LogP contribution in [0.25, 0.3) is 0 Å². The van der Waals surface area contributed by atoms with E-state index >= 15 is 0 Å². The number of carbonyl (C=O) groups excluding carboxylic acids is 1. The molecule has 0 radical (unpaired) electrons. The fourth-order valence-electron chi connectivity index (χ4n) is 2.63. The molecule has 3 aromatic carbocycles. The van der Waals surface area contributed by atoms with Gasteiger partial charge in [0.1, 0.15) is 23.2 Å². The Balaban J connectivity index is 0.000000399. The van der Waals surface area contributed by atoms with Crippen LogP contribution in [0.5, 0.6) is 0 Å². The molecule has 0 spiro atoms. The summed E-state index contributed by atoms with van der Waals surface area (Å²) in [6.07, 6.45) is 0. The largest absolute Gasteiger partial charge is 0.461 e. The highest BCUT2D eigenvalue weighted by Crippen LogP contribution is 2.51. The Morgan fingerprint density at radius 2 is 0.960 bits per heavy atom. The minimum absolute atomic E-state index is 0.433. The van der Waals surface area contributed by atoms with Gasteiger partial charge in [0.25, 0.3) is 0 Å². The van der Waals surface area contributed by atoms with Gasteiger partial charge in [-0.25, -0.2) is 4.79 Å². The Labute approximate surface area is 158 Å². The van der Waals surface area contributed by atoms with Gasteiger partial charge in [-0.2, -0.15) is 0 Å². The molecule has 0 bridgehead atoms. The minimum Gasteiger partial charge on any atom is -0.461 e. The van der Waals surface area contributed by atoms with Crippen molar-refractivity contribution in [1.82, 2.24) is 0 Å². The van der Waals surface area contributed by atoms with E-state index in [0.29, 0.717) is 0 Å². The van der Waals surface area contributed by atoms with E-state index in [2.05, 4.69) is 118 Å². The van der Waals surface area contributed by atoms with Crippen LogP contribution in [0, 0.1) is 0 Å². The monoisotopic (exact) mass is 415 g/mol. The third-order valence-electron chi connectivity index (χ3n) is 3.98. The number of halogens is 1. The molecule has 0 aliphatic rings. The standard InChI is InChI=1S/C19H18P.C2H3BrO2/c1-20(17-11-5-2-6-12-17,18-13-7-3-8-14-18)19-15-9-4-10-16-19;1-5-2(3)4/h2-16H,1H3;1H3/q+1;. The SMILES string of the molecule is COC(=O)Br.C[P+](c1ccccc1)(c1ccccc1)c1ccccc1. The van der Waals surface area contributed by atoms with Gasteiger partial charge in [-0.1, -0.05) is 54.6 Å². The summed E-state index contributed by atoms with van der Waals surface area (Å²) in [6.45, 7) is 2.41. The van der Waals surface area contributed by atoms with Gasteiger partial charge in [0, 0.05) is 15.9 Å². The number of hydrogen-bond donors (Lipinski definition) is 0. The second-order valence-electron chi connectivity index (χ2n) is 5.45. The maximum absolute atomic E-state index is 9.51. The quantitative estimate of drug-likeness (QED) is 0.455. The molecule has 2 nitrogen and oxygen atoms in total. The van der Waals surface area contributed by atoms with E-state index in [1.165, 1.54) is 23.0 Å². The number of hydrogen-bond acceptors (Lipinski definition) is 2. The minimum atomic E-state index is -1.53. The lowest BCUT2D eigenvalue weighted by atomic mass is 10.4. The van der Waals surface area contributed by atoms with Crippen LogP contribution in [0.4, 0.5) is 4.79 Å². The summed E-state index contributed by atoms with van der Waals surface area (Å²) in [4.78, 5) is 9.07. The van der Waals surface area contributed by atoms with Gasteiger partial charge in [-0.05, 0) is 36.4 Å². The molecule has 0 saturated heterocycles. The molecule has 128 valence electrons. The number of benzene rings is 3. The maximum Gasteiger partial charge on any atom is 0.374 e. The first-order chi connectivity index (χ1) is 12.1. The number of methoxy groups -OCH3 is 1. The Kier molecular flexibility index (Phi) is 7.36. The average Bonchev–Trinajstić information content (AvgIpc) is 2.70. The van der Waals surface area contributed by atoms with Crippen molar-refractivity contribution in [2.45, 2.75) is 0 Å². The van der Waals surface area contributed by atoms with Crippen molar-refractivity contribution in [2.75, 3.05) is 13.8 Å². The van der Waals surface area contributed by atoms with Gasteiger partial charge in [0.15, 0.2) is 0 Å². The molecule has 0 saturated carbocycles. The van der Waals surface area contributed by atoms with Crippen LogP contribution in [0.3, 0.4) is 0 Å². The molecule has 0 atom stereocenters. The Morgan fingerprint density at radius 1 is 0.720 bits per heavy atom. The molecule has 3 rings (SSSR count). The van der Waals surface area contributed by atoms with Crippen molar-refractivity contribution in [3.63, 3.8) is 0 Å². The van der Waals surface area contributed by atoms with E-state index in [0.717, 1.165) is 0 Å². The van der Waals surface area contributed by atoms with Crippen LogP contribution < -0.4 is 15.9 Å². The summed E-state index contributed by atoms with van der Waals surface area (Å²) in [6, 6.07) is 32.6. The first-order valence-electron chi connectivity index (χ1n) is 7.86. The summed E-state index contributed by atoms with van der Waals surface area (Å²) < 4.78 is 4.03. The van der Waals surface area contributed by atoms with E-state index in [9.17, 15) is 4.79 Å². The summed E-state index contributed by atoms with van der Waals surface area (Å²) in [5, 5.41) is 4.28. The van der Waals surface area contributed by atoms with Crippen molar-refractivity contribution in [3.8, 4) is 0 Å². The summed E-state index contributed by atoms with van der Waals surface area (Å²) in [7, 11) is -0.224. The highest BCUT2D eigenvalue weighted by Gasteiger charge is 2.39. The summed E-state index contributed by atoms with van der Waals surface area (Å²) in [5.74, 6) is 0. The van der Waals surface area contributed by atoms with Gasteiger partial charge < -0.3 is 4.74 Å². The molecule has 3 aromatic rings. The fourth-order valence-corrected chi connectivity index (χ4v) is 5.83. The zero-order chi connectivity index (χ0) is 18.1. The van der Waals surface area contributed by atoms with E-state index in [4.69, 9.17) is 0 Å². The second-order valence-corrected chi connectivity index (χ2v) is 9.66. The Hall–Kier alpha value is -1.96. The maximum atomic E-state index is 9.51. The first kappa shape index (κ1) is 19.4. The summed E-state index contributed by atoms with van der Waals surface area (Å²) >= 11 is 2.51. The Morgan fingerprint density at radius 3 is 1.16 bits per heavy atom. The summed E-state index contributed by atoms with van der Waals surface area (Å²) in [5.41, 5.74) is 0. The predicted octanol–water partition coefficient (Wildman–Crippen LogP) is 4.76. The first-order valence-corrected chi connectivity index (χ1v) is 10.9. The Bertz CT molecular complexity index is 680. The zero-order valence-corrected chi connectivity index (χ0v) is 16.8. The molecule has 0 N–H and O–H groups in total. The average molecular weight is 416 g/mol. The smallest absolute Gasteiger partial charge is 0.374 e. The van der Waals surface area contributed by atoms with Gasteiger partial charge in [0.05, 0.1) is 13.8 Å². The molecule has 0 aliphatic heterocycles. The fraction of sp³-hybridized carbons (Fsp3) is 0.0952. The molecule has 0 amide bonds. The van der Waals surface area contributed by atoms with Crippen LogP contribution in [0.1, 0.15) is 0 Å². The second kappa shape index (κ2) is 9.50. The molecular formula is C21H21BrO2P+. The van der Waals surface area contributed by atoms with Crippen molar-refractivity contribution in [3.05, 3.63) is 91.0 Å². The number of carbonyl (C=O) groups is 1. The lowest BCUT2D eigenvalue weighted by Gasteiger charge is -2.22. The molecule has 0 fully saturated rings. The topological polar surface area (TPSA) is 26.3 Å². The van der Waals surface area contributed by atoms with Crippen LogP contribution in [-0.4, -0.2) is 18.7 Å². The van der Waals surface area contributed by atoms with Gasteiger partial charge >= 0.3 is 4.88 Å². The predicted molar refractivity (Wildman–Crippen MR) is 112 cm³/mol. The van der Waals surface area contributed by atoms with Gasteiger partial charge in [-0.15, -0.1) is 0 Å². The molecule has 0 aromatic heterocycles. The van der Waals surface area contributed by atoms with E-state index in [1.807, 2.05) is 0 Å². The lowest BCUT2D eigenvalue weighted by Crippen LogP contribution is -2.30. The van der Waals surface area contributed by atoms with Crippen LogP contribution in [-0.2, 0) is 4.74 Å².